The van der Waals surface area contributed by atoms with Gasteiger partial charge in [-0.05, 0) is 65.8 Å². The summed E-state index contributed by atoms with van der Waals surface area (Å²) < 4.78 is 11.1. The molecule has 3 aromatic rings. The third-order valence-corrected chi connectivity index (χ3v) is 7.20. The number of nitrogens with two attached hydrogens (primary N) is 1. The summed E-state index contributed by atoms with van der Waals surface area (Å²) in [6, 6.07) is 18.6. The van der Waals surface area contributed by atoms with E-state index in [1.54, 1.807) is 14.2 Å². The third-order valence-electron chi connectivity index (χ3n) is 6.49. The van der Waals surface area contributed by atoms with Crippen molar-refractivity contribution in [2.75, 3.05) is 20.8 Å². The lowest BCUT2D eigenvalue weighted by Gasteiger charge is -2.41. The van der Waals surface area contributed by atoms with Gasteiger partial charge in [0.05, 0.1) is 14.2 Å². The van der Waals surface area contributed by atoms with Gasteiger partial charge in [0.15, 0.2) is 11.5 Å². The summed E-state index contributed by atoms with van der Waals surface area (Å²) >= 11 is 12.9. The van der Waals surface area contributed by atoms with Gasteiger partial charge >= 0.3 is 0 Å². The summed E-state index contributed by atoms with van der Waals surface area (Å²) in [7, 11) is 3.26. The van der Waals surface area contributed by atoms with Gasteiger partial charge in [-0.1, -0.05) is 59.6 Å². The quantitative estimate of drug-likeness (QED) is 0.428. The highest BCUT2D eigenvalue weighted by Gasteiger charge is 2.36. The minimum Gasteiger partial charge on any atom is -0.493 e. The van der Waals surface area contributed by atoms with Crippen molar-refractivity contribution < 1.29 is 14.3 Å². The summed E-state index contributed by atoms with van der Waals surface area (Å²) in [5.41, 5.74) is 10.0. The van der Waals surface area contributed by atoms with Gasteiger partial charge in [0.1, 0.15) is 6.04 Å². The van der Waals surface area contributed by atoms with Crippen LogP contribution in [0.25, 0.3) is 0 Å². The molecule has 0 saturated heterocycles. The van der Waals surface area contributed by atoms with E-state index in [0.717, 1.165) is 23.1 Å². The lowest BCUT2D eigenvalue weighted by atomic mass is 9.86. The maximum atomic E-state index is 12.8. The van der Waals surface area contributed by atoms with Crippen LogP contribution in [-0.4, -0.2) is 31.6 Å². The van der Waals surface area contributed by atoms with Crippen molar-refractivity contribution in [3.8, 4) is 11.5 Å². The average molecular weight is 499 g/mol. The molecule has 0 aliphatic carbocycles. The lowest BCUT2D eigenvalue weighted by molar-refractivity contribution is -0.124. The highest BCUT2D eigenvalue weighted by Crippen LogP contribution is 2.43. The minimum atomic E-state index is -0.561. The Balaban J connectivity index is 1.78. The maximum Gasteiger partial charge on any atom is 0.239 e. The van der Waals surface area contributed by atoms with E-state index in [2.05, 4.69) is 4.90 Å². The van der Waals surface area contributed by atoms with Crippen molar-refractivity contribution in [3.63, 3.8) is 0 Å². The zero-order valence-corrected chi connectivity index (χ0v) is 20.8. The summed E-state index contributed by atoms with van der Waals surface area (Å²) in [5.74, 6) is 0.965. The van der Waals surface area contributed by atoms with Gasteiger partial charge in [-0.2, -0.15) is 0 Å². The highest BCUT2D eigenvalue weighted by molar-refractivity contribution is 6.35. The Morgan fingerprint density at radius 3 is 2.29 bits per heavy atom. The predicted octanol–water partition coefficient (Wildman–Crippen LogP) is 5.77. The Hall–Kier alpha value is -2.73. The van der Waals surface area contributed by atoms with E-state index in [1.807, 2.05) is 60.7 Å². The molecule has 1 amide bonds. The molecule has 1 heterocycles. The molecule has 0 bridgehead atoms. The van der Waals surface area contributed by atoms with Crippen LogP contribution in [0.5, 0.6) is 11.5 Å². The molecule has 7 heteroatoms. The first-order valence-electron chi connectivity index (χ1n) is 11.2. The topological polar surface area (TPSA) is 64.8 Å². The second-order valence-corrected chi connectivity index (χ2v) is 9.18. The number of hydrogen-bond acceptors (Lipinski definition) is 4. The number of primary amides is 1. The number of nitrogens with zero attached hydrogens (tertiary/aromatic N) is 1. The Morgan fingerprint density at radius 2 is 1.68 bits per heavy atom. The van der Waals surface area contributed by atoms with E-state index in [-0.39, 0.29) is 11.9 Å². The normalized spacial score (nSPS) is 16.5. The number of amides is 1. The number of benzene rings is 3. The average Bonchev–Trinajstić information content (AvgIpc) is 2.84. The van der Waals surface area contributed by atoms with E-state index in [0.29, 0.717) is 40.9 Å². The number of hydrogen-bond donors (Lipinski definition) is 1. The smallest absolute Gasteiger partial charge is 0.239 e. The van der Waals surface area contributed by atoms with Gasteiger partial charge in [-0.15, -0.1) is 0 Å². The van der Waals surface area contributed by atoms with Crippen molar-refractivity contribution in [2.45, 2.75) is 31.3 Å². The Morgan fingerprint density at radius 1 is 1.03 bits per heavy atom. The zero-order chi connectivity index (χ0) is 24.2. The Kier molecular flexibility index (Phi) is 7.67. The molecule has 0 fully saturated rings. The van der Waals surface area contributed by atoms with Crippen LogP contribution in [0.4, 0.5) is 0 Å². The van der Waals surface area contributed by atoms with Gasteiger partial charge in [0.2, 0.25) is 5.91 Å². The molecule has 0 spiro atoms. The van der Waals surface area contributed by atoms with Gasteiger partial charge < -0.3 is 15.2 Å². The van der Waals surface area contributed by atoms with Crippen LogP contribution >= 0.6 is 23.2 Å². The van der Waals surface area contributed by atoms with Crippen LogP contribution in [0.3, 0.4) is 0 Å². The summed E-state index contributed by atoms with van der Waals surface area (Å²) in [6.07, 6.45) is 2.10. The number of rotatable bonds is 8. The fourth-order valence-corrected chi connectivity index (χ4v) is 5.47. The van der Waals surface area contributed by atoms with Gasteiger partial charge in [-0.25, -0.2) is 0 Å². The van der Waals surface area contributed by atoms with Crippen molar-refractivity contribution in [1.82, 2.24) is 4.90 Å². The summed E-state index contributed by atoms with van der Waals surface area (Å²) in [4.78, 5) is 14.9. The monoisotopic (exact) mass is 498 g/mol. The predicted molar refractivity (Wildman–Crippen MR) is 136 cm³/mol. The SMILES string of the molecule is COc1cc2c(cc1OC)[C@H](CCc1c(Cl)cccc1Cl)N([C@@H](C(N)=O)c1ccccc1)CC2. The molecule has 0 saturated carbocycles. The first-order valence-corrected chi connectivity index (χ1v) is 12.0. The molecule has 0 unspecified atom stereocenters. The molecule has 2 atom stereocenters. The molecule has 0 aromatic heterocycles. The van der Waals surface area contributed by atoms with Crippen molar-refractivity contribution >= 4 is 29.1 Å². The van der Waals surface area contributed by atoms with Crippen molar-refractivity contribution in [2.24, 2.45) is 5.73 Å². The number of halogens is 2. The molecular formula is C27H28Cl2N2O3. The molecule has 1 aliphatic heterocycles. The van der Waals surface area contributed by atoms with Crippen molar-refractivity contribution in [1.29, 1.82) is 0 Å². The molecule has 1 aliphatic rings. The summed E-state index contributed by atoms with van der Waals surface area (Å²) in [5, 5.41) is 1.27. The maximum absolute atomic E-state index is 12.8. The Bertz CT molecular complexity index is 1150. The number of fused-ring (bicyclic) bond motifs is 1. The summed E-state index contributed by atoms with van der Waals surface area (Å²) in [6.45, 7) is 0.673. The standard InChI is InChI=1S/C27H28Cl2N2O3/c1-33-24-15-18-13-14-31(26(27(30)32)17-7-4-3-5-8-17)23(20(18)16-25(24)34-2)12-11-19-21(28)9-6-10-22(19)29/h3-10,15-16,23,26H,11-14H2,1-2H3,(H2,30,32)/t23-,26+/m0/s1. The van der Waals surface area contributed by atoms with E-state index in [9.17, 15) is 4.79 Å². The molecular weight excluding hydrogens is 471 g/mol. The second-order valence-electron chi connectivity index (χ2n) is 8.36. The van der Waals surface area contributed by atoms with Crippen LogP contribution in [0.2, 0.25) is 10.0 Å². The Labute approximate surface area is 210 Å². The minimum absolute atomic E-state index is 0.103. The van der Waals surface area contributed by atoms with Crippen LogP contribution in [0, 0.1) is 0 Å². The third kappa shape index (κ3) is 4.88. The van der Waals surface area contributed by atoms with Crippen molar-refractivity contribution in [3.05, 3.63) is 93.0 Å². The molecule has 178 valence electrons. The van der Waals surface area contributed by atoms with Crippen LogP contribution < -0.4 is 15.2 Å². The molecule has 2 N–H and O–H groups in total. The van der Waals surface area contributed by atoms with E-state index < -0.39 is 6.04 Å². The van der Waals surface area contributed by atoms with E-state index in [4.69, 9.17) is 38.4 Å². The largest absolute Gasteiger partial charge is 0.493 e. The first kappa shape index (κ1) is 24.4. The highest BCUT2D eigenvalue weighted by atomic mass is 35.5. The zero-order valence-electron chi connectivity index (χ0n) is 19.3. The number of ether oxygens (including phenoxy) is 2. The lowest BCUT2D eigenvalue weighted by Crippen LogP contribution is -2.44. The molecule has 3 aromatic carbocycles. The van der Waals surface area contributed by atoms with Crippen LogP contribution in [0.1, 0.15) is 40.8 Å². The van der Waals surface area contributed by atoms with Crippen LogP contribution in [0.15, 0.2) is 60.7 Å². The fraction of sp³-hybridized carbons (Fsp3) is 0.296. The van der Waals surface area contributed by atoms with Gasteiger partial charge in [0, 0.05) is 22.6 Å². The van der Waals surface area contributed by atoms with Crippen LogP contribution in [-0.2, 0) is 17.6 Å². The number of methoxy groups -OCH3 is 2. The molecule has 0 radical (unpaired) electrons. The first-order chi connectivity index (χ1) is 16.4. The number of carbonyl (C=O) groups is 1. The van der Waals surface area contributed by atoms with Gasteiger partial charge in [-0.3, -0.25) is 9.69 Å². The fourth-order valence-electron chi connectivity index (χ4n) is 4.88. The van der Waals surface area contributed by atoms with Gasteiger partial charge in [0.25, 0.3) is 0 Å². The second kappa shape index (κ2) is 10.7. The van der Waals surface area contributed by atoms with E-state index >= 15 is 0 Å². The molecule has 4 rings (SSSR count). The van der Waals surface area contributed by atoms with E-state index in [1.165, 1.54) is 5.56 Å². The molecule has 5 nitrogen and oxygen atoms in total. The number of carbonyl (C=O) groups excluding carboxylic acids is 1. The molecule has 34 heavy (non-hydrogen) atoms.